The molecule has 0 unspecified atom stereocenters. The minimum absolute atomic E-state index is 0.0185. The summed E-state index contributed by atoms with van der Waals surface area (Å²) in [5, 5.41) is 2.99. The van der Waals surface area contributed by atoms with Crippen molar-refractivity contribution in [2.45, 2.75) is 32.6 Å². The molecule has 0 amide bonds. The molecule has 2 rings (SSSR count). The normalized spacial score (nSPS) is 11.7. The van der Waals surface area contributed by atoms with Gasteiger partial charge in [-0.15, -0.1) is 11.3 Å². The second kappa shape index (κ2) is 5.62. The summed E-state index contributed by atoms with van der Waals surface area (Å²) in [6.45, 7) is 6.18. The van der Waals surface area contributed by atoms with Crippen LogP contribution in [0, 0.1) is 5.82 Å². The molecule has 1 aromatic heterocycles. The van der Waals surface area contributed by atoms with Crippen LogP contribution in [0.2, 0.25) is 5.02 Å². The Kier molecular flexibility index (Phi) is 4.25. The number of hydrogen-bond acceptors (Lipinski definition) is 3. The van der Waals surface area contributed by atoms with Crippen LogP contribution in [-0.4, -0.2) is 10.8 Å². The molecule has 2 nitrogen and oxygen atoms in total. The summed E-state index contributed by atoms with van der Waals surface area (Å²) in [5.41, 5.74) is 0.904. The average molecular weight is 312 g/mol. The van der Waals surface area contributed by atoms with E-state index >= 15 is 0 Å². The molecule has 20 heavy (non-hydrogen) atoms. The van der Waals surface area contributed by atoms with Crippen molar-refractivity contribution < 1.29 is 9.18 Å². The van der Waals surface area contributed by atoms with E-state index in [1.54, 1.807) is 0 Å². The van der Waals surface area contributed by atoms with Crippen LogP contribution in [-0.2, 0) is 11.8 Å². The van der Waals surface area contributed by atoms with E-state index in [9.17, 15) is 9.18 Å². The van der Waals surface area contributed by atoms with Crippen molar-refractivity contribution >= 4 is 28.7 Å². The first-order valence-corrected chi connectivity index (χ1v) is 7.46. The number of rotatable bonds is 3. The highest BCUT2D eigenvalue weighted by Gasteiger charge is 2.19. The standard InChI is InChI=1S/C15H15ClFNOS/c1-15(2,3)13-8-20-14(18-13)7-12(19)10-6-9(16)4-5-11(10)17/h4-6,8H,7H2,1-3H3. The number of thiazole rings is 1. The summed E-state index contributed by atoms with van der Waals surface area (Å²) >= 11 is 7.22. The van der Waals surface area contributed by atoms with Gasteiger partial charge in [0.2, 0.25) is 0 Å². The molecule has 0 saturated heterocycles. The Morgan fingerprint density at radius 1 is 1.40 bits per heavy atom. The van der Waals surface area contributed by atoms with Gasteiger partial charge in [0.15, 0.2) is 5.78 Å². The van der Waals surface area contributed by atoms with Crippen LogP contribution < -0.4 is 0 Å². The van der Waals surface area contributed by atoms with Crippen molar-refractivity contribution in [1.82, 2.24) is 4.98 Å². The first-order valence-electron chi connectivity index (χ1n) is 6.20. The van der Waals surface area contributed by atoms with Gasteiger partial charge in [0.25, 0.3) is 0 Å². The third-order valence-electron chi connectivity index (χ3n) is 2.86. The Morgan fingerprint density at radius 2 is 2.10 bits per heavy atom. The van der Waals surface area contributed by atoms with Gasteiger partial charge in [0.05, 0.1) is 17.7 Å². The first kappa shape index (κ1) is 15.1. The van der Waals surface area contributed by atoms with Crippen LogP contribution >= 0.6 is 22.9 Å². The Labute approximate surface area is 126 Å². The molecular weight excluding hydrogens is 297 g/mol. The van der Waals surface area contributed by atoms with Gasteiger partial charge in [-0.2, -0.15) is 0 Å². The summed E-state index contributed by atoms with van der Waals surface area (Å²) in [5.74, 6) is -0.855. The van der Waals surface area contributed by atoms with Gasteiger partial charge in [0.1, 0.15) is 10.8 Å². The number of halogens is 2. The Morgan fingerprint density at radius 3 is 2.70 bits per heavy atom. The van der Waals surface area contributed by atoms with Gasteiger partial charge in [-0.25, -0.2) is 9.37 Å². The highest BCUT2D eigenvalue weighted by Crippen LogP contribution is 2.25. The zero-order valence-electron chi connectivity index (χ0n) is 11.5. The van der Waals surface area contributed by atoms with Crippen LogP contribution in [0.15, 0.2) is 23.6 Å². The van der Waals surface area contributed by atoms with E-state index in [2.05, 4.69) is 25.8 Å². The number of aromatic nitrogens is 1. The molecule has 0 spiro atoms. The number of carbonyl (C=O) groups excluding carboxylic acids is 1. The molecule has 106 valence electrons. The molecule has 0 fully saturated rings. The molecule has 0 atom stereocenters. The third kappa shape index (κ3) is 3.44. The zero-order valence-corrected chi connectivity index (χ0v) is 13.1. The zero-order chi connectivity index (χ0) is 14.9. The van der Waals surface area contributed by atoms with Crippen LogP contribution in [0.5, 0.6) is 0 Å². The smallest absolute Gasteiger partial charge is 0.172 e. The summed E-state index contributed by atoms with van der Waals surface area (Å²) in [7, 11) is 0. The SMILES string of the molecule is CC(C)(C)c1csc(CC(=O)c2cc(Cl)ccc2F)n1. The van der Waals surface area contributed by atoms with E-state index in [0.29, 0.717) is 10.0 Å². The van der Waals surface area contributed by atoms with Crippen molar-refractivity contribution in [2.24, 2.45) is 0 Å². The molecule has 1 heterocycles. The summed E-state index contributed by atoms with van der Waals surface area (Å²) in [6, 6.07) is 3.99. The van der Waals surface area contributed by atoms with Gasteiger partial charge < -0.3 is 0 Å². The molecular formula is C15H15ClFNOS. The number of carbonyl (C=O) groups is 1. The van der Waals surface area contributed by atoms with Gasteiger partial charge >= 0.3 is 0 Å². The van der Waals surface area contributed by atoms with Gasteiger partial charge in [-0.05, 0) is 18.2 Å². The minimum Gasteiger partial charge on any atom is -0.294 e. The fourth-order valence-electron chi connectivity index (χ4n) is 1.68. The first-order chi connectivity index (χ1) is 9.27. The van der Waals surface area contributed by atoms with E-state index in [-0.39, 0.29) is 23.2 Å². The van der Waals surface area contributed by atoms with Crippen molar-refractivity contribution in [3.63, 3.8) is 0 Å². The number of benzene rings is 1. The number of nitrogens with zero attached hydrogens (tertiary/aromatic N) is 1. The third-order valence-corrected chi connectivity index (χ3v) is 3.94. The van der Waals surface area contributed by atoms with E-state index in [1.807, 2.05) is 5.38 Å². The minimum atomic E-state index is -0.549. The number of Topliss-reactive ketones (excluding diaryl/α,β-unsaturated/α-hetero) is 1. The lowest BCUT2D eigenvalue weighted by atomic mass is 9.93. The second-order valence-electron chi connectivity index (χ2n) is 5.60. The van der Waals surface area contributed by atoms with Crippen LogP contribution in [0.25, 0.3) is 0 Å². The lowest BCUT2D eigenvalue weighted by Gasteiger charge is -2.14. The van der Waals surface area contributed by atoms with Crippen molar-refractivity contribution in [2.75, 3.05) is 0 Å². The van der Waals surface area contributed by atoms with Crippen LogP contribution in [0.1, 0.15) is 41.8 Å². The predicted molar refractivity (Wildman–Crippen MR) is 80.3 cm³/mol. The molecule has 0 aliphatic rings. The monoisotopic (exact) mass is 311 g/mol. The average Bonchev–Trinajstić information content (AvgIpc) is 2.80. The van der Waals surface area contributed by atoms with Crippen LogP contribution in [0.4, 0.5) is 4.39 Å². The van der Waals surface area contributed by atoms with Crippen molar-refractivity contribution in [1.29, 1.82) is 0 Å². The molecule has 0 saturated carbocycles. The predicted octanol–water partition coefficient (Wildman–Crippen LogP) is 4.66. The highest BCUT2D eigenvalue weighted by molar-refractivity contribution is 7.09. The topological polar surface area (TPSA) is 30.0 Å². The van der Waals surface area contributed by atoms with Crippen LogP contribution in [0.3, 0.4) is 0 Å². The molecule has 1 aromatic carbocycles. The van der Waals surface area contributed by atoms with Crippen molar-refractivity contribution in [3.05, 3.63) is 50.7 Å². The summed E-state index contributed by atoms with van der Waals surface area (Å²) in [6.07, 6.45) is 0.0952. The van der Waals surface area contributed by atoms with E-state index < -0.39 is 5.82 Å². The molecule has 5 heteroatoms. The summed E-state index contributed by atoms with van der Waals surface area (Å²) < 4.78 is 13.6. The number of hydrogen-bond donors (Lipinski definition) is 0. The number of ketones is 1. The Bertz CT molecular complexity index is 646. The van der Waals surface area contributed by atoms with Crippen molar-refractivity contribution in [3.8, 4) is 0 Å². The second-order valence-corrected chi connectivity index (χ2v) is 6.98. The molecule has 0 bridgehead atoms. The maximum Gasteiger partial charge on any atom is 0.172 e. The molecule has 2 aromatic rings. The summed E-state index contributed by atoms with van der Waals surface area (Å²) in [4.78, 5) is 16.6. The van der Waals surface area contributed by atoms with Gasteiger partial charge in [-0.1, -0.05) is 32.4 Å². The van der Waals surface area contributed by atoms with E-state index in [1.165, 1.54) is 29.5 Å². The maximum atomic E-state index is 13.6. The highest BCUT2D eigenvalue weighted by atomic mass is 35.5. The van der Waals surface area contributed by atoms with E-state index in [4.69, 9.17) is 11.6 Å². The fraction of sp³-hybridized carbons (Fsp3) is 0.333. The fourth-order valence-corrected chi connectivity index (χ4v) is 2.87. The quantitative estimate of drug-likeness (QED) is 0.772. The lowest BCUT2D eigenvalue weighted by molar-refractivity contribution is 0.0989. The molecule has 0 aliphatic carbocycles. The molecule has 0 N–H and O–H groups in total. The largest absolute Gasteiger partial charge is 0.294 e. The van der Waals surface area contributed by atoms with Gasteiger partial charge in [-0.3, -0.25) is 4.79 Å². The lowest BCUT2D eigenvalue weighted by Crippen LogP contribution is -2.12. The molecule has 0 radical (unpaired) electrons. The maximum absolute atomic E-state index is 13.6. The molecule has 0 aliphatic heterocycles. The Balaban J connectivity index is 2.20. The van der Waals surface area contributed by atoms with Gasteiger partial charge in [0, 0.05) is 15.8 Å². The Hall–Kier alpha value is -1.26. The van der Waals surface area contributed by atoms with E-state index in [0.717, 1.165) is 5.69 Å².